The van der Waals surface area contributed by atoms with Crippen LogP contribution in [0.1, 0.15) is 25.0 Å². The Bertz CT molecular complexity index is 1040. The molecular formula is C20H19BrN2O4S. The largest absolute Gasteiger partial charge is 0.402 e. The number of benzene rings is 2. The number of carbonyl (C=O) groups excluding carboxylic acids is 1. The number of hydrogen-bond acceptors (Lipinski definition) is 5. The first kappa shape index (κ1) is 20.4. The molecule has 8 heteroatoms. The highest BCUT2D eigenvalue weighted by atomic mass is 79.9. The van der Waals surface area contributed by atoms with E-state index in [2.05, 4.69) is 20.9 Å². The van der Waals surface area contributed by atoms with Crippen LogP contribution in [0.4, 0.5) is 0 Å². The smallest absolute Gasteiger partial charge is 0.363 e. The first-order valence-electron chi connectivity index (χ1n) is 8.74. The van der Waals surface area contributed by atoms with E-state index in [-0.39, 0.29) is 16.5 Å². The maximum Gasteiger partial charge on any atom is 0.363 e. The normalized spacial score (nSPS) is 15.8. The van der Waals surface area contributed by atoms with Crippen LogP contribution in [0.15, 0.2) is 68.6 Å². The van der Waals surface area contributed by atoms with Gasteiger partial charge < -0.3 is 4.74 Å². The fourth-order valence-electron chi connectivity index (χ4n) is 2.73. The minimum absolute atomic E-state index is 0.153. The summed E-state index contributed by atoms with van der Waals surface area (Å²) < 4.78 is 32.7. The van der Waals surface area contributed by atoms with Gasteiger partial charge in [-0.15, -0.1) is 0 Å². The van der Waals surface area contributed by atoms with Gasteiger partial charge in [0.05, 0.1) is 4.90 Å². The molecule has 0 aliphatic carbocycles. The summed E-state index contributed by atoms with van der Waals surface area (Å²) in [6.07, 6.45) is 1.64. The number of rotatable bonds is 6. The van der Waals surface area contributed by atoms with Crippen LogP contribution in [0.25, 0.3) is 6.08 Å². The first-order chi connectivity index (χ1) is 13.3. The molecule has 146 valence electrons. The van der Waals surface area contributed by atoms with Gasteiger partial charge in [0.25, 0.3) is 0 Å². The number of aliphatic imine (C=N–C) groups is 1. The van der Waals surface area contributed by atoms with Crippen LogP contribution in [-0.4, -0.2) is 37.7 Å². The molecule has 0 amide bonds. The highest BCUT2D eigenvalue weighted by molar-refractivity contribution is 9.10. The van der Waals surface area contributed by atoms with Crippen molar-refractivity contribution in [3.05, 3.63) is 69.8 Å². The van der Waals surface area contributed by atoms with E-state index in [1.54, 1.807) is 32.1 Å². The Kier molecular flexibility index (Phi) is 6.12. The minimum atomic E-state index is -3.54. The van der Waals surface area contributed by atoms with Crippen LogP contribution in [0, 0.1) is 0 Å². The molecule has 2 aromatic rings. The van der Waals surface area contributed by atoms with E-state index in [9.17, 15) is 13.2 Å². The fourth-order valence-corrected chi connectivity index (χ4v) is 4.45. The second-order valence-corrected chi connectivity index (χ2v) is 8.85. The number of nitrogens with zero attached hydrogens (tertiary/aromatic N) is 2. The maximum absolute atomic E-state index is 12.6. The van der Waals surface area contributed by atoms with Gasteiger partial charge in [-0.3, -0.25) is 0 Å². The third kappa shape index (κ3) is 4.24. The van der Waals surface area contributed by atoms with E-state index < -0.39 is 16.0 Å². The molecule has 0 saturated carbocycles. The lowest BCUT2D eigenvalue weighted by atomic mass is 10.2. The predicted molar refractivity (Wildman–Crippen MR) is 111 cm³/mol. The molecule has 6 nitrogen and oxygen atoms in total. The zero-order valence-electron chi connectivity index (χ0n) is 15.4. The Morgan fingerprint density at radius 1 is 1.04 bits per heavy atom. The monoisotopic (exact) mass is 462 g/mol. The molecule has 0 bridgehead atoms. The Balaban J connectivity index is 1.86. The van der Waals surface area contributed by atoms with Crippen molar-refractivity contribution in [3.8, 4) is 0 Å². The maximum atomic E-state index is 12.6. The van der Waals surface area contributed by atoms with Crippen molar-refractivity contribution >= 4 is 43.9 Å². The van der Waals surface area contributed by atoms with Crippen molar-refractivity contribution in [2.24, 2.45) is 4.99 Å². The third-order valence-electron chi connectivity index (χ3n) is 4.24. The van der Waals surface area contributed by atoms with Crippen molar-refractivity contribution in [1.82, 2.24) is 4.31 Å². The highest BCUT2D eigenvalue weighted by Crippen LogP contribution is 2.22. The van der Waals surface area contributed by atoms with E-state index in [0.29, 0.717) is 18.7 Å². The number of ether oxygens (including phenoxy) is 1. The molecule has 28 heavy (non-hydrogen) atoms. The number of esters is 1. The average Bonchev–Trinajstić information content (AvgIpc) is 3.05. The van der Waals surface area contributed by atoms with Crippen LogP contribution in [0.3, 0.4) is 0 Å². The van der Waals surface area contributed by atoms with Crippen molar-refractivity contribution < 1.29 is 17.9 Å². The highest BCUT2D eigenvalue weighted by Gasteiger charge is 2.26. The zero-order chi connectivity index (χ0) is 20.3. The molecule has 0 aromatic heterocycles. The Labute approximate surface area is 172 Å². The second kappa shape index (κ2) is 8.38. The summed E-state index contributed by atoms with van der Waals surface area (Å²) in [6.45, 7) is 4.38. The predicted octanol–water partition coefficient (Wildman–Crippen LogP) is 3.82. The van der Waals surface area contributed by atoms with Crippen molar-refractivity contribution in [1.29, 1.82) is 0 Å². The SMILES string of the molecule is CCN(CC)S(=O)(=O)c1ccc(C2=N/C(=C/c3ccc(Br)cc3)C(=O)O2)cc1. The number of cyclic esters (lactones) is 1. The van der Waals surface area contributed by atoms with Gasteiger partial charge in [0, 0.05) is 23.1 Å². The molecule has 0 spiro atoms. The lowest BCUT2D eigenvalue weighted by molar-refractivity contribution is -0.129. The van der Waals surface area contributed by atoms with Crippen molar-refractivity contribution in [3.63, 3.8) is 0 Å². The molecule has 0 atom stereocenters. The van der Waals surface area contributed by atoms with Crippen molar-refractivity contribution in [2.75, 3.05) is 13.1 Å². The molecule has 0 N–H and O–H groups in total. The molecule has 0 radical (unpaired) electrons. The van der Waals surface area contributed by atoms with Gasteiger partial charge in [-0.1, -0.05) is 41.9 Å². The Hall–Kier alpha value is -2.29. The third-order valence-corrected chi connectivity index (χ3v) is 6.83. The van der Waals surface area contributed by atoms with E-state index in [1.165, 1.54) is 16.4 Å². The summed E-state index contributed by atoms with van der Waals surface area (Å²) in [7, 11) is -3.54. The van der Waals surface area contributed by atoms with Gasteiger partial charge in [0.15, 0.2) is 5.70 Å². The summed E-state index contributed by atoms with van der Waals surface area (Å²) in [6, 6.07) is 13.6. The van der Waals surface area contributed by atoms with Crippen molar-refractivity contribution in [2.45, 2.75) is 18.7 Å². The molecule has 3 rings (SSSR count). The van der Waals surface area contributed by atoms with Crippen LogP contribution in [-0.2, 0) is 19.6 Å². The number of hydrogen-bond donors (Lipinski definition) is 0. The lowest BCUT2D eigenvalue weighted by Crippen LogP contribution is -2.30. The molecule has 2 aromatic carbocycles. The summed E-state index contributed by atoms with van der Waals surface area (Å²) in [5.74, 6) is -0.391. The van der Waals surface area contributed by atoms with Gasteiger partial charge >= 0.3 is 5.97 Å². The van der Waals surface area contributed by atoms with Gasteiger partial charge in [0.2, 0.25) is 15.9 Å². The Morgan fingerprint density at radius 2 is 1.64 bits per heavy atom. The average molecular weight is 463 g/mol. The number of sulfonamides is 1. The quantitative estimate of drug-likeness (QED) is 0.482. The van der Waals surface area contributed by atoms with Crippen LogP contribution in [0.5, 0.6) is 0 Å². The summed E-state index contributed by atoms with van der Waals surface area (Å²) in [5.41, 5.74) is 1.55. The summed E-state index contributed by atoms with van der Waals surface area (Å²) in [5, 5.41) is 0. The Morgan fingerprint density at radius 3 is 2.21 bits per heavy atom. The molecule has 1 aliphatic rings. The molecule has 1 aliphatic heterocycles. The molecule has 0 saturated heterocycles. The molecule has 0 unspecified atom stereocenters. The lowest BCUT2D eigenvalue weighted by Gasteiger charge is -2.18. The van der Waals surface area contributed by atoms with Gasteiger partial charge in [-0.25, -0.2) is 18.2 Å². The van der Waals surface area contributed by atoms with Crippen LogP contribution < -0.4 is 0 Å². The molecular weight excluding hydrogens is 444 g/mol. The van der Waals surface area contributed by atoms with Crippen LogP contribution >= 0.6 is 15.9 Å². The zero-order valence-corrected chi connectivity index (χ0v) is 17.8. The van der Waals surface area contributed by atoms with E-state index in [1.807, 2.05) is 24.3 Å². The number of halogens is 1. The summed E-state index contributed by atoms with van der Waals surface area (Å²) >= 11 is 3.36. The van der Waals surface area contributed by atoms with E-state index >= 15 is 0 Å². The van der Waals surface area contributed by atoms with E-state index in [0.717, 1.165) is 10.0 Å². The van der Waals surface area contributed by atoms with Crippen LogP contribution in [0.2, 0.25) is 0 Å². The first-order valence-corrected chi connectivity index (χ1v) is 11.0. The number of carbonyl (C=O) groups is 1. The topological polar surface area (TPSA) is 76.0 Å². The minimum Gasteiger partial charge on any atom is -0.402 e. The summed E-state index contributed by atoms with van der Waals surface area (Å²) in [4.78, 5) is 16.5. The fraction of sp³-hybridized carbons (Fsp3) is 0.200. The van der Waals surface area contributed by atoms with Gasteiger partial charge in [-0.05, 0) is 48.0 Å². The van der Waals surface area contributed by atoms with E-state index in [4.69, 9.17) is 4.74 Å². The van der Waals surface area contributed by atoms with Gasteiger partial charge in [-0.2, -0.15) is 4.31 Å². The standard InChI is InChI=1S/C20H19BrN2O4S/c1-3-23(4-2)28(25,26)17-11-7-15(8-12-17)19-22-18(20(24)27-19)13-14-5-9-16(21)10-6-14/h5-13H,3-4H2,1-2H3/b18-13+. The molecule has 0 fully saturated rings. The molecule has 1 heterocycles. The van der Waals surface area contributed by atoms with Gasteiger partial charge in [0.1, 0.15) is 0 Å². The second-order valence-electron chi connectivity index (χ2n) is 6.00.